The number of nitrogens with zero attached hydrogens (tertiary/aromatic N) is 4. The van der Waals surface area contributed by atoms with Gasteiger partial charge in [-0.1, -0.05) is 0 Å². The summed E-state index contributed by atoms with van der Waals surface area (Å²) in [5.74, 6) is -1.82. The minimum Gasteiger partial charge on any atom is -0.478 e. The number of aromatic nitrogens is 5. The van der Waals surface area contributed by atoms with Gasteiger partial charge < -0.3 is 10.1 Å². The SMILES string of the molecule is CS(=O)(=O)c1nc(-c2cnc3[nH]cc(C(=O)O)c3n2)c2ccc(F)cn12. The van der Waals surface area contributed by atoms with Gasteiger partial charge >= 0.3 is 5.97 Å². The molecule has 11 heteroatoms. The molecule has 0 aliphatic carbocycles. The summed E-state index contributed by atoms with van der Waals surface area (Å²) in [6.07, 6.45) is 4.56. The number of halogens is 1. The highest BCUT2D eigenvalue weighted by Gasteiger charge is 2.22. The Morgan fingerprint density at radius 2 is 2.08 bits per heavy atom. The Morgan fingerprint density at radius 3 is 2.77 bits per heavy atom. The molecule has 2 N–H and O–H groups in total. The molecule has 4 aromatic rings. The lowest BCUT2D eigenvalue weighted by molar-refractivity contribution is 0.0699. The molecule has 4 rings (SSSR count). The second-order valence-electron chi connectivity index (χ2n) is 5.58. The van der Waals surface area contributed by atoms with Gasteiger partial charge in [0.25, 0.3) is 0 Å². The second kappa shape index (κ2) is 5.33. The fraction of sp³-hybridized carbons (Fsp3) is 0.0667. The first-order valence-corrected chi connectivity index (χ1v) is 9.10. The summed E-state index contributed by atoms with van der Waals surface area (Å²) in [5.41, 5.74) is 0.916. The zero-order valence-electron chi connectivity index (χ0n) is 13.1. The molecule has 4 aromatic heterocycles. The predicted molar refractivity (Wildman–Crippen MR) is 88.1 cm³/mol. The van der Waals surface area contributed by atoms with Crippen molar-refractivity contribution in [2.24, 2.45) is 0 Å². The molecular weight excluding hydrogens is 365 g/mol. The number of imidazole rings is 1. The number of pyridine rings is 1. The van der Waals surface area contributed by atoms with E-state index in [2.05, 4.69) is 19.9 Å². The van der Waals surface area contributed by atoms with Gasteiger partial charge in [0.2, 0.25) is 15.0 Å². The molecule has 0 saturated heterocycles. The number of sulfone groups is 1. The van der Waals surface area contributed by atoms with Crippen molar-refractivity contribution in [1.82, 2.24) is 24.3 Å². The molecule has 0 aliphatic rings. The second-order valence-corrected chi connectivity index (χ2v) is 7.49. The molecule has 0 amide bonds. The number of H-pyrrole nitrogens is 1. The maximum Gasteiger partial charge on any atom is 0.339 e. The Bertz CT molecular complexity index is 1310. The summed E-state index contributed by atoms with van der Waals surface area (Å²) < 4.78 is 38.7. The zero-order chi connectivity index (χ0) is 18.6. The molecular formula is C15H10FN5O4S. The van der Waals surface area contributed by atoms with E-state index in [1.165, 1.54) is 18.5 Å². The first kappa shape index (κ1) is 16.1. The van der Waals surface area contributed by atoms with E-state index in [0.717, 1.165) is 22.9 Å². The van der Waals surface area contributed by atoms with E-state index >= 15 is 0 Å². The van der Waals surface area contributed by atoms with Crippen LogP contribution in [0.4, 0.5) is 4.39 Å². The van der Waals surface area contributed by atoms with Gasteiger partial charge in [-0.3, -0.25) is 4.40 Å². The fourth-order valence-corrected chi connectivity index (χ4v) is 3.42. The Hall–Kier alpha value is -3.34. The number of carbonyl (C=O) groups is 1. The summed E-state index contributed by atoms with van der Waals surface area (Å²) in [6.45, 7) is 0. The molecule has 0 atom stereocenters. The van der Waals surface area contributed by atoms with Gasteiger partial charge in [0.1, 0.15) is 28.3 Å². The summed E-state index contributed by atoms with van der Waals surface area (Å²) in [4.78, 5) is 26.4. The van der Waals surface area contributed by atoms with Crippen molar-refractivity contribution in [1.29, 1.82) is 0 Å². The summed E-state index contributed by atoms with van der Waals surface area (Å²) in [6, 6.07) is 2.53. The summed E-state index contributed by atoms with van der Waals surface area (Å²) in [7, 11) is -3.75. The highest BCUT2D eigenvalue weighted by molar-refractivity contribution is 7.90. The molecule has 0 spiro atoms. The van der Waals surface area contributed by atoms with Gasteiger partial charge in [0, 0.05) is 18.6 Å². The van der Waals surface area contributed by atoms with Crippen LogP contribution in [0.15, 0.2) is 35.9 Å². The van der Waals surface area contributed by atoms with Gasteiger partial charge in [0.15, 0.2) is 5.65 Å². The van der Waals surface area contributed by atoms with Gasteiger partial charge in [-0.15, -0.1) is 0 Å². The minimum atomic E-state index is -3.75. The number of carboxylic acids is 1. The van der Waals surface area contributed by atoms with Crippen LogP contribution in [0.2, 0.25) is 0 Å². The zero-order valence-corrected chi connectivity index (χ0v) is 14.0. The molecule has 4 heterocycles. The van der Waals surface area contributed by atoms with Crippen LogP contribution in [0.3, 0.4) is 0 Å². The molecule has 132 valence electrons. The Labute approximate surface area is 145 Å². The van der Waals surface area contributed by atoms with E-state index in [-0.39, 0.29) is 33.3 Å². The number of rotatable bonds is 3. The molecule has 0 saturated carbocycles. The van der Waals surface area contributed by atoms with Gasteiger partial charge in [0.05, 0.1) is 11.7 Å². The van der Waals surface area contributed by atoms with Crippen molar-refractivity contribution < 1.29 is 22.7 Å². The topological polar surface area (TPSA) is 130 Å². The number of carboxylic acid groups (broad SMARTS) is 1. The maximum absolute atomic E-state index is 13.6. The van der Waals surface area contributed by atoms with Gasteiger partial charge in [-0.25, -0.2) is 32.6 Å². The number of fused-ring (bicyclic) bond motifs is 2. The highest BCUT2D eigenvalue weighted by atomic mass is 32.2. The number of hydrogen-bond donors (Lipinski definition) is 2. The normalized spacial score (nSPS) is 12.1. The van der Waals surface area contributed by atoms with Gasteiger partial charge in [-0.05, 0) is 12.1 Å². The molecule has 0 unspecified atom stereocenters. The van der Waals surface area contributed by atoms with E-state index in [9.17, 15) is 22.7 Å². The third-order valence-electron chi connectivity index (χ3n) is 3.75. The van der Waals surface area contributed by atoms with E-state index in [1.807, 2.05) is 0 Å². The third kappa shape index (κ3) is 2.40. The number of hydrogen-bond acceptors (Lipinski definition) is 6. The van der Waals surface area contributed by atoms with Crippen molar-refractivity contribution in [2.45, 2.75) is 5.16 Å². The smallest absolute Gasteiger partial charge is 0.339 e. The van der Waals surface area contributed by atoms with E-state index in [1.54, 1.807) is 0 Å². The largest absolute Gasteiger partial charge is 0.478 e. The monoisotopic (exact) mass is 375 g/mol. The van der Waals surface area contributed by atoms with Crippen molar-refractivity contribution in [3.8, 4) is 11.4 Å². The van der Waals surface area contributed by atoms with Crippen molar-refractivity contribution in [3.63, 3.8) is 0 Å². The molecule has 0 aromatic carbocycles. The fourth-order valence-electron chi connectivity index (χ4n) is 2.65. The van der Waals surface area contributed by atoms with E-state index in [0.29, 0.717) is 5.52 Å². The van der Waals surface area contributed by atoms with Crippen LogP contribution in [0, 0.1) is 5.82 Å². The van der Waals surface area contributed by atoms with Crippen LogP contribution in [-0.2, 0) is 9.84 Å². The lowest BCUT2D eigenvalue weighted by Crippen LogP contribution is -2.03. The third-order valence-corrected chi connectivity index (χ3v) is 4.71. The minimum absolute atomic E-state index is 0.0766. The quantitative estimate of drug-likeness (QED) is 0.555. The molecule has 9 nitrogen and oxygen atoms in total. The number of nitrogens with one attached hydrogen (secondary N) is 1. The lowest BCUT2D eigenvalue weighted by atomic mass is 10.2. The molecule has 0 aliphatic heterocycles. The maximum atomic E-state index is 13.6. The van der Waals surface area contributed by atoms with Crippen LogP contribution < -0.4 is 0 Å². The molecule has 26 heavy (non-hydrogen) atoms. The lowest BCUT2D eigenvalue weighted by Gasteiger charge is -2.00. The Morgan fingerprint density at radius 1 is 1.31 bits per heavy atom. The average molecular weight is 375 g/mol. The van der Waals surface area contributed by atoms with Crippen molar-refractivity contribution in [2.75, 3.05) is 6.26 Å². The van der Waals surface area contributed by atoms with Crippen LogP contribution in [-0.4, -0.2) is 50.1 Å². The summed E-state index contributed by atoms with van der Waals surface area (Å²) >= 11 is 0. The van der Waals surface area contributed by atoms with Crippen molar-refractivity contribution in [3.05, 3.63) is 42.1 Å². The molecule has 0 fully saturated rings. The van der Waals surface area contributed by atoms with Crippen LogP contribution >= 0.6 is 0 Å². The number of aromatic carboxylic acids is 1. The molecule has 0 radical (unpaired) electrons. The van der Waals surface area contributed by atoms with Crippen LogP contribution in [0.25, 0.3) is 28.1 Å². The van der Waals surface area contributed by atoms with E-state index < -0.39 is 21.6 Å². The summed E-state index contributed by atoms with van der Waals surface area (Å²) in [5, 5.41) is 8.87. The van der Waals surface area contributed by atoms with Crippen LogP contribution in [0.5, 0.6) is 0 Å². The standard InChI is InChI=1S/C15H10FN5O4S/c1-26(24,25)15-20-12(10-3-2-7(16)6-21(10)15)9-5-18-13-11(19-9)8(4-17-13)14(22)23/h2-6H,1H3,(H,17,18)(H,22,23). The number of aromatic amines is 1. The first-order valence-electron chi connectivity index (χ1n) is 7.21. The highest BCUT2D eigenvalue weighted by Crippen LogP contribution is 2.27. The van der Waals surface area contributed by atoms with Gasteiger partial charge in [-0.2, -0.15) is 0 Å². The first-order chi connectivity index (χ1) is 12.3. The average Bonchev–Trinajstić information content (AvgIpc) is 3.14. The van der Waals surface area contributed by atoms with Crippen molar-refractivity contribution >= 4 is 32.5 Å². The van der Waals surface area contributed by atoms with Crippen LogP contribution in [0.1, 0.15) is 10.4 Å². The predicted octanol–water partition coefficient (Wildman–Crippen LogP) is 1.51. The Balaban J connectivity index is 2.04. The molecule has 0 bridgehead atoms. The van der Waals surface area contributed by atoms with E-state index in [4.69, 9.17) is 0 Å². The Kier molecular flexibility index (Phi) is 3.31.